The maximum Gasteiger partial charge on any atom is 0.243 e. The predicted octanol–water partition coefficient (Wildman–Crippen LogP) is 4.89. The summed E-state index contributed by atoms with van der Waals surface area (Å²) in [5.74, 6) is 0.333. The molecular weight excluding hydrogens is 584 g/mol. The van der Waals surface area contributed by atoms with Crippen LogP contribution in [0.1, 0.15) is 61.6 Å². The van der Waals surface area contributed by atoms with Crippen LogP contribution in [-0.2, 0) is 9.59 Å². The quantitative estimate of drug-likeness (QED) is 0.117. The average molecular weight is 631 g/mol. The molecule has 8 nitrogen and oxygen atoms in total. The van der Waals surface area contributed by atoms with Crippen LogP contribution in [0.3, 0.4) is 0 Å². The number of carbonyl (C=O) groups excluding carboxylic acids is 2. The zero-order valence-electron chi connectivity index (χ0n) is 27.4. The van der Waals surface area contributed by atoms with Gasteiger partial charge in [-0.25, -0.2) is 0 Å². The monoisotopic (exact) mass is 630 g/mol. The largest absolute Gasteiger partial charge is 0.370 e. The van der Waals surface area contributed by atoms with Crippen LogP contribution >= 0.6 is 0 Å². The van der Waals surface area contributed by atoms with E-state index in [1.807, 2.05) is 36.1 Å². The fourth-order valence-corrected chi connectivity index (χ4v) is 7.42. The molecule has 0 saturated heterocycles. The van der Waals surface area contributed by atoms with Gasteiger partial charge in [-0.05, 0) is 59.6 Å². The molecule has 2 amide bonds. The number of nitrogens with two attached hydrogens (primary N) is 2. The molecule has 0 heterocycles. The minimum atomic E-state index is -0.755. The Balaban J connectivity index is 1.26. The highest BCUT2D eigenvalue weighted by Gasteiger charge is 2.63. The summed E-state index contributed by atoms with van der Waals surface area (Å²) in [5, 5.41) is 9.40. The molecule has 47 heavy (non-hydrogen) atoms. The van der Waals surface area contributed by atoms with Crippen molar-refractivity contribution in [1.29, 1.82) is 0 Å². The highest BCUT2D eigenvalue weighted by Crippen LogP contribution is 2.54. The molecule has 2 aliphatic carbocycles. The molecule has 0 radical (unpaired) electrons. The van der Waals surface area contributed by atoms with Crippen LogP contribution in [0.5, 0.6) is 0 Å². The zero-order valence-corrected chi connectivity index (χ0v) is 27.4. The van der Waals surface area contributed by atoms with Gasteiger partial charge in [-0.2, -0.15) is 0 Å². The van der Waals surface area contributed by atoms with E-state index in [1.165, 1.54) is 27.5 Å². The number of rotatable bonds is 14. The minimum Gasteiger partial charge on any atom is -0.370 e. The molecule has 2 fully saturated rings. The van der Waals surface area contributed by atoms with Gasteiger partial charge in [-0.15, -0.1) is 0 Å². The number of likely N-dealkylation sites (N-methyl/N-ethyl adjacent to an activating group) is 1. The van der Waals surface area contributed by atoms with Crippen LogP contribution in [0.4, 0.5) is 0 Å². The summed E-state index contributed by atoms with van der Waals surface area (Å²) in [6.07, 6.45) is 2.19. The molecule has 4 aromatic carbocycles. The third kappa shape index (κ3) is 7.03. The van der Waals surface area contributed by atoms with Gasteiger partial charge in [0, 0.05) is 44.9 Å². The van der Waals surface area contributed by atoms with Crippen molar-refractivity contribution >= 4 is 28.5 Å². The lowest BCUT2D eigenvalue weighted by atomic mass is 9.90. The van der Waals surface area contributed by atoms with Crippen LogP contribution in [-0.4, -0.2) is 59.9 Å². The molecule has 6 rings (SSSR count). The third-order valence-electron chi connectivity index (χ3n) is 10.1. The Hall–Kier alpha value is -4.69. The number of hydrogen-bond acceptors (Lipinski definition) is 4. The van der Waals surface area contributed by atoms with E-state index in [9.17, 15) is 9.59 Å². The van der Waals surface area contributed by atoms with Gasteiger partial charge in [-0.3, -0.25) is 14.6 Å². The molecule has 0 spiro atoms. The molecule has 2 unspecified atom stereocenters. The first-order valence-electron chi connectivity index (χ1n) is 16.7. The summed E-state index contributed by atoms with van der Waals surface area (Å²) in [6, 6.07) is 35.7. The molecular formula is C39H46N6O2. The Morgan fingerprint density at radius 2 is 1.53 bits per heavy atom. The van der Waals surface area contributed by atoms with Gasteiger partial charge >= 0.3 is 0 Å². The van der Waals surface area contributed by atoms with Crippen molar-refractivity contribution < 1.29 is 9.59 Å². The molecule has 2 aliphatic rings. The SMILES string of the molecule is CCN(CC(c1ccccc1)c1ccccc1)C(=O)C1(NCC2(NC(C)=O)C[C@@H]2c2ccc3ccccc3c2)C[C@H]1CCN=C(N)N. The lowest BCUT2D eigenvalue weighted by Gasteiger charge is -2.33. The zero-order chi connectivity index (χ0) is 33.0. The Morgan fingerprint density at radius 1 is 0.894 bits per heavy atom. The summed E-state index contributed by atoms with van der Waals surface area (Å²) < 4.78 is 0. The molecule has 8 heteroatoms. The molecule has 2 saturated carbocycles. The van der Waals surface area contributed by atoms with Crippen molar-refractivity contribution in [3.05, 3.63) is 120 Å². The number of nitrogens with zero attached hydrogens (tertiary/aromatic N) is 2. The maximum atomic E-state index is 14.7. The summed E-state index contributed by atoms with van der Waals surface area (Å²) >= 11 is 0. The number of amides is 2. The van der Waals surface area contributed by atoms with E-state index < -0.39 is 11.1 Å². The molecule has 4 atom stereocenters. The predicted molar refractivity (Wildman–Crippen MR) is 189 cm³/mol. The molecule has 0 bridgehead atoms. The molecule has 6 N–H and O–H groups in total. The first-order valence-corrected chi connectivity index (χ1v) is 16.7. The van der Waals surface area contributed by atoms with E-state index in [-0.39, 0.29) is 35.5 Å². The Labute approximate surface area is 277 Å². The van der Waals surface area contributed by atoms with E-state index >= 15 is 0 Å². The van der Waals surface area contributed by atoms with Crippen LogP contribution in [0.25, 0.3) is 10.8 Å². The summed E-state index contributed by atoms with van der Waals surface area (Å²) in [4.78, 5) is 33.5. The van der Waals surface area contributed by atoms with Crippen molar-refractivity contribution in [1.82, 2.24) is 15.5 Å². The van der Waals surface area contributed by atoms with Crippen molar-refractivity contribution in [2.45, 2.75) is 56.0 Å². The van der Waals surface area contributed by atoms with Crippen molar-refractivity contribution in [2.24, 2.45) is 22.4 Å². The highest BCUT2D eigenvalue weighted by atomic mass is 16.2. The van der Waals surface area contributed by atoms with Gasteiger partial charge in [0.2, 0.25) is 11.8 Å². The Bertz CT molecular complexity index is 1700. The van der Waals surface area contributed by atoms with E-state index in [0.717, 1.165) is 6.42 Å². The number of hydrogen-bond donors (Lipinski definition) is 4. The van der Waals surface area contributed by atoms with Crippen LogP contribution in [0.2, 0.25) is 0 Å². The first-order chi connectivity index (χ1) is 22.7. The minimum absolute atomic E-state index is 0.0311. The van der Waals surface area contributed by atoms with Gasteiger partial charge < -0.3 is 27.0 Å². The van der Waals surface area contributed by atoms with E-state index in [1.54, 1.807) is 6.92 Å². The van der Waals surface area contributed by atoms with E-state index in [0.29, 0.717) is 39.0 Å². The number of benzene rings is 4. The molecule has 4 aromatic rings. The second-order valence-electron chi connectivity index (χ2n) is 13.2. The van der Waals surface area contributed by atoms with Crippen molar-refractivity contribution in [3.8, 4) is 0 Å². The van der Waals surface area contributed by atoms with E-state index in [4.69, 9.17) is 11.5 Å². The van der Waals surface area contributed by atoms with Crippen molar-refractivity contribution in [3.63, 3.8) is 0 Å². The number of carbonyl (C=O) groups is 2. The number of aliphatic imine (C=N–C) groups is 1. The number of guanidine groups is 1. The Kier molecular flexibility index (Phi) is 9.32. The maximum absolute atomic E-state index is 14.7. The smallest absolute Gasteiger partial charge is 0.243 e. The molecule has 0 aromatic heterocycles. The third-order valence-corrected chi connectivity index (χ3v) is 10.1. The summed E-state index contributed by atoms with van der Waals surface area (Å²) in [5.41, 5.74) is 13.6. The topological polar surface area (TPSA) is 126 Å². The Morgan fingerprint density at radius 3 is 2.15 bits per heavy atom. The van der Waals surface area contributed by atoms with Gasteiger partial charge in [0.05, 0.1) is 5.54 Å². The second-order valence-corrected chi connectivity index (χ2v) is 13.2. The standard InChI is InChI=1S/C39H46N6O2/c1-3-45(25-34(29-13-6-4-7-14-29)30-15-8-5-9-16-30)36(47)39(23-33(39)20-21-42-37(40)41)43-26-38(44-27(2)46)24-35(38)32-19-18-28-12-10-11-17-31(28)22-32/h4-19,22,33-35,43H,3,20-21,23-26H2,1-2H3,(H,44,46)(H4,40,41,42)/t33-,35-,38?,39?/m1/s1. The first kappa shape index (κ1) is 32.3. The van der Waals surface area contributed by atoms with Gasteiger partial charge in [-0.1, -0.05) is 103 Å². The van der Waals surface area contributed by atoms with Gasteiger partial charge in [0.25, 0.3) is 0 Å². The molecule has 0 aliphatic heterocycles. The van der Waals surface area contributed by atoms with Crippen LogP contribution in [0.15, 0.2) is 108 Å². The molecule has 244 valence electrons. The normalized spacial score (nSPS) is 22.9. The fourth-order valence-electron chi connectivity index (χ4n) is 7.42. The average Bonchev–Trinajstić information content (AvgIpc) is 3.99. The highest BCUT2D eigenvalue weighted by molar-refractivity contribution is 5.90. The van der Waals surface area contributed by atoms with Crippen LogP contribution in [0, 0.1) is 5.92 Å². The second kappa shape index (κ2) is 13.6. The van der Waals surface area contributed by atoms with Crippen molar-refractivity contribution in [2.75, 3.05) is 26.2 Å². The number of fused-ring (bicyclic) bond motifs is 1. The van der Waals surface area contributed by atoms with Gasteiger partial charge in [0.1, 0.15) is 5.54 Å². The van der Waals surface area contributed by atoms with E-state index in [2.05, 4.69) is 94.5 Å². The van der Waals surface area contributed by atoms with Crippen LogP contribution < -0.4 is 22.1 Å². The lowest BCUT2D eigenvalue weighted by molar-refractivity contribution is -0.135. The van der Waals surface area contributed by atoms with Gasteiger partial charge in [0.15, 0.2) is 5.96 Å². The summed E-state index contributed by atoms with van der Waals surface area (Å²) in [7, 11) is 0. The lowest BCUT2D eigenvalue weighted by Crippen LogP contribution is -2.55. The fraction of sp³-hybridized carbons (Fsp3) is 0.359. The number of nitrogens with one attached hydrogen (secondary N) is 2. The summed E-state index contributed by atoms with van der Waals surface area (Å²) in [6.45, 7) is 5.71.